The van der Waals surface area contributed by atoms with Crippen molar-refractivity contribution in [1.29, 1.82) is 0 Å². The van der Waals surface area contributed by atoms with Crippen LogP contribution in [0.25, 0.3) is 10.9 Å². The van der Waals surface area contributed by atoms with Crippen molar-refractivity contribution in [1.82, 2.24) is 9.97 Å². The molecule has 0 N–H and O–H groups in total. The number of aromatic nitrogens is 2. The monoisotopic (exact) mass is 308 g/mol. The molecule has 0 aliphatic heterocycles. The molecular formula is C17H16N4O2. The topological polar surface area (TPSA) is 72.2 Å². The SMILES string of the molecule is Cc1cc(N(C)Cc2cccnc2)c2cccc([N+](=O)[O-])c2n1. The molecule has 6 nitrogen and oxygen atoms in total. The van der Waals surface area contributed by atoms with E-state index in [2.05, 4.69) is 14.9 Å². The smallest absolute Gasteiger partial charge is 0.295 e. The number of aryl methyl sites for hydroxylation is 1. The number of nitro benzene ring substituents is 1. The van der Waals surface area contributed by atoms with Gasteiger partial charge in [-0.25, -0.2) is 4.98 Å². The predicted octanol–water partition coefficient (Wildman–Crippen LogP) is 3.48. The van der Waals surface area contributed by atoms with Gasteiger partial charge in [0.15, 0.2) is 5.52 Å². The van der Waals surface area contributed by atoms with Gasteiger partial charge in [-0.2, -0.15) is 0 Å². The molecule has 3 rings (SSSR count). The molecule has 23 heavy (non-hydrogen) atoms. The Bertz CT molecular complexity index is 865. The number of fused-ring (bicyclic) bond motifs is 1. The molecule has 6 heteroatoms. The molecule has 0 atom stereocenters. The zero-order valence-corrected chi connectivity index (χ0v) is 12.9. The maximum absolute atomic E-state index is 11.2. The highest BCUT2D eigenvalue weighted by Gasteiger charge is 2.17. The van der Waals surface area contributed by atoms with Crippen LogP contribution in [0, 0.1) is 17.0 Å². The zero-order chi connectivity index (χ0) is 16.4. The Kier molecular flexibility index (Phi) is 3.89. The van der Waals surface area contributed by atoms with Crippen LogP contribution in [0.1, 0.15) is 11.3 Å². The van der Waals surface area contributed by atoms with Gasteiger partial charge in [-0.05, 0) is 24.6 Å². The minimum absolute atomic E-state index is 0.0298. The fourth-order valence-corrected chi connectivity index (χ4v) is 2.65. The first kappa shape index (κ1) is 14.9. The van der Waals surface area contributed by atoms with Crippen LogP contribution in [0.3, 0.4) is 0 Å². The van der Waals surface area contributed by atoms with Crippen LogP contribution in [0.2, 0.25) is 0 Å². The number of hydrogen-bond donors (Lipinski definition) is 0. The van der Waals surface area contributed by atoms with Gasteiger partial charge in [0.05, 0.1) is 4.92 Å². The Morgan fingerprint density at radius 2 is 2.09 bits per heavy atom. The second-order valence-corrected chi connectivity index (χ2v) is 5.43. The third kappa shape index (κ3) is 2.96. The average molecular weight is 308 g/mol. The minimum Gasteiger partial charge on any atom is -0.370 e. The largest absolute Gasteiger partial charge is 0.370 e. The van der Waals surface area contributed by atoms with E-state index >= 15 is 0 Å². The van der Waals surface area contributed by atoms with E-state index in [0.717, 1.165) is 22.3 Å². The van der Waals surface area contributed by atoms with Gasteiger partial charge in [0.1, 0.15) is 0 Å². The fourth-order valence-electron chi connectivity index (χ4n) is 2.65. The van der Waals surface area contributed by atoms with E-state index in [0.29, 0.717) is 12.1 Å². The first-order chi connectivity index (χ1) is 11.1. The first-order valence-electron chi connectivity index (χ1n) is 7.21. The maximum atomic E-state index is 11.2. The summed E-state index contributed by atoms with van der Waals surface area (Å²) >= 11 is 0. The summed E-state index contributed by atoms with van der Waals surface area (Å²) in [7, 11) is 1.96. The summed E-state index contributed by atoms with van der Waals surface area (Å²) in [6, 6.07) is 10.9. The summed E-state index contributed by atoms with van der Waals surface area (Å²) in [5.41, 5.74) is 3.19. The minimum atomic E-state index is -0.389. The number of para-hydroxylation sites is 1. The van der Waals surface area contributed by atoms with E-state index in [-0.39, 0.29) is 10.6 Å². The van der Waals surface area contributed by atoms with Crippen molar-refractivity contribution in [3.05, 3.63) is 70.2 Å². The number of anilines is 1. The number of nitrogens with zero attached hydrogens (tertiary/aromatic N) is 4. The van der Waals surface area contributed by atoms with Gasteiger partial charge in [0.2, 0.25) is 0 Å². The third-order valence-corrected chi connectivity index (χ3v) is 3.67. The number of rotatable bonds is 4. The van der Waals surface area contributed by atoms with Gasteiger partial charge in [0, 0.05) is 48.8 Å². The van der Waals surface area contributed by atoms with Gasteiger partial charge >= 0.3 is 0 Å². The van der Waals surface area contributed by atoms with Gasteiger partial charge in [-0.1, -0.05) is 18.2 Å². The normalized spacial score (nSPS) is 10.7. The van der Waals surface area contributed by atoms with Crippen molar-refractivity contribution < 1.29 is 4.92 Å². The van der Waals surface area contributed by atoms with E-state index in [9.17, 15) is 10.1 Å². The van der Waals surface area contributed by atoms with E-state index in [1.807, 2.05) is 44.4 Å². The summed E-state index contributed by atoms with van der Waals surface area (Å²) in [5.74, 6) is 0. The molecule has 2 heterocycles. The lowest BCUT2D eigenvalue weighted by atomic mass is 10.1. The summed E-state index contributed by atoms with van der Waals surface area (Å²) in [6.45, 7) is 2.51. The molecule has 3 aromatic rings. The van der Waals surface area contributed by atoms with Crippen molar-refractivity contribution in [3.8, 4) is 0 Å². The Balaban J connectivity index is 2.10. The standard InChI is InChI=1S/C17H16N4O2/c1-12-9-16(20(2)11-13-5-4-8-18-10-13)14-6-3-7-15(21(22)23)17(14)19-12/h3-10H,11H2,1-2H3. The molecule has 0 saturated carbocycles. The first-order valence-corrected chi connectivity index (χ1v) is 7.21. The molecule has 0 aliphatic rings. The van der Waals surface area contributed by atoms with Crippen molar-refractivity contribution in [2.24, 2.45) is 0 Å². The van der Waals surface area contributed by atoms with E-state index < -0.39 is 0 Å². The summed E-state index contributed by atoms with van der Waals surface area (Å²) in [5, 5.41) is 12.0. The van der Waals surface area contributed by atoms with Crippen LogP contribution >= 0.6 is 0 Å². The zero-order valence-electron chi connectivity index (χ0n) is 12.9. The molecule has 0 amide bonds. The highest BCUT2D eigenvalue weighted by atomic mass is 16.6. The number of benzene rings is 1. The number of nitro groups is 1. The van der Waals surface area contributed by atoms with Gasteiger partial charge in [-0.15, -0.1) is 0 Å². The van der Waals surface area contributed by atoms with Gasteiger partial charge in [-0.3, -0.25) is 15.1 Å². The Morgan fingerprint density at radius 1 is 1.26 bits per heavy atom. The summed E-state index contributed by atoms with van der Waals surface area (Å²) < 4.78 is 0. The van der Waals surface area contributed by atoms with E-state index in [4.69, 9.17) is 0 Å². The molecule has 0 aliphatic carbocycles. The van der Waals surface area contributed by atoms with Crippen molar-refractivity contribution in [2.75, 3.05) is 11.9 Å². The summed E-state index contributed by atoms with van der Waals surface area (Å²) in [6.07, 6.45) is 3.55. The maximum Gasteiger partial charge on any atom is 0.295 e. The molecule has 0 spiro atoms. The lowest BCUT2D eigenvalue weighted by Crippen LogP contribution is -2.17. The Hall–Kier alpha value is -3.02. The van der Waals surface area contributed by atoms with Crippen molar-refractivity contribution in [2.45, 2.75) is 13.5 Å². The fraction of sp³-hybridized carbons (Fsp3) is 0.176. The number of hydrogen-bond acceptors (Lipinski definition) is 5. The molecule has 0 bridgehead atoms. The molecule has 0 fully saturated rings. The van der Waals surface area contributed by atoms with E-state index in [1.54, 1.807) is 12.3 Å². The van der Waals surface area contributed by atoms with Gasteiger partial charge in [0.25, 0.3) is 5.69 Å². The highest BCUT2D eigenvalue weighted by molar-refractivity contribution is 5.97. The van der Waals surface area contributed by atoms with Crippen molar-refractivity contribution >= 4 is 22.3 Å². The molecule has 116 valence electrons. The number of non-ortho nitro benzene ring substituents is 1. The van der Waals surface area contributed by atoms with Gasteiger partial charge < -0.3 is 4.90 Å². The predicted molar refractivity (Wildman–Crippen MR) is 89.5 cm³/mol. The number of pyridine rings is 2. The quantitative estimate of drug-likeness (QED) is 0.545. The van der Waals surface area contributed by atoms with Crippen molar-refractivity contribution in [3.63, 3.8) is 0 Å². The lowest BCUT2D eigenvalue weighted by molar-refractivity contribution is -0.383. The molecule has 0 radical (unpaired) electrons. The van der Waals surface area contributed by atoms with Crippen LogP contribution in [0.15, 0.2) is 48.8 Å². The van der Waals surface area contributed by atoms with Crippen LogP contribution in [-0.2, 0) is 6.54 Å². The van der Waals surface area contributed by atoms with Crippen LogP contribution < -0.4 is 4.90 Å². The molecule has 1 aromatic carbocycles. The second-order valence-electron chi connectivity index (χ2n) is 5.43. The van der Waals surface area contributed by atoms with E-state index in [1.165, 1.54) is 6.07 Å². The Morgan fingerprint density at radius 3 is 2.78 bits per heavy atom. The summed E-state index contributed by atoms with van der Waals surface area (Å²) in [4.78, 5) is 21.4. The Labute approximate surface area is 133 Å². The molecule has 2 aromatic heterocycles. The average Bonchev–Trinajstić information content (AvgIpc) is 2.54. The van der Waals surface area contributed by atoms with Crippen LogP contribution in [0.4, 0.5) is 11.4 Å². The van der Waals surface area contributed by atoms with Crippen LogP contribution in [0.5, 0.6) is 0 Å². The molecule has 0 saturated heterocycles. The molecule has 0 unspecified atom stereocenters. The highest BCUT2D eigenvalue weighted by Crippen LogP contribution is 2.32. The second kappa shape index (κ2) is 6.00. The third-order valence-electron chi connectivity index (χ3n) is 3.67. The lowest BCUT2D eigenvalue weighted by Gasteiger charge is -2.21. The molecular weight excluding hydrogens is 292 g/mol. The van der Waals surface area contributed by atoms with Crippen LogP contribution in [-0.4, -0.2) is 21.9 Å².